The highest BCUT2D eigenvalue weighted by Gasteiger charge is 2.19. The number of hydrogen-bond donors (Lipinski definition) is 1. The van der Waals surface area contributed by atoms with E-state index in [4.69, 9.17) is 0 Å². The van der Waals surface area contributed by atoms with Crippen LogP contribution in [0.25, 0.3) is 0 Å². The summed E-state index contributed by atoms with van der Waals surface area (Å²) in [4.78, 5) is 14.3. The normalized spacial score (nSPS) is 18.5. The van der Waals surface area contributed by atoms with Crippen LogP contribution in [0, 0.1) is 12.8 Å². The minimum Gasteiger partial charge on any atom is -0.316 e. The zero-order valence-corrected chi connectivity index (χ0v) is 12.0. The molecule has 1 heterocycles. The summed E-state index contributed by atoms with van der Waals surface area (Å²) >= 11 is 0. The van der Waals surface area contributed by atoms with Gasteiger partial charge in [0.15, 0.2) is 0 Å². The second kappa shape index (κ2) is 6.71. The maximum atomic E-state index is 12.4. The van der Waals surface area contributed by atoms with Crippen molar-refractivity contribution in [2.45, 2.75) is 33.1 Å². The number of benzene rings is 1. The lowest BCUT2D eigenvalue weighted by Gasteiger charge is -2.23. The van der Waals surface area contributed by atoms with Crippen LogP contribution in [0.3, 0.4) is 0 Å². The number of aryl methyl sites for hydroxylation is 1. The fraction of sp³-hybridized carbons (Fsp3) is 0.562. The lowest BCUT2D eigenvalue weighted by molar-refractivity contribution is -0.118. The average Bonchev–Trinajstić information content (AvgIpc) is 2.92. The molecule has 1 aliphatic rings. The van der Waals surface area contributed by atoms with Crippen LogP contribution in [0.5, 0.6) is 0 Å². The molecule has 1 aromatic carbocycles. The molecule has 1 unspecified atom stereocenters. The molecule has 1 N–H and O–H groups in total. The van der Waals surface area contributed by atoms with Crippen molar-refractivity contribution >= 4 is 11.6 Å². The Labute approximate surface area is 116 Å². The Morgan fingerprint density at radius 3 is 2.84 bits per heavy atom. The summed E-state index contributed by atoms with van der Waals surface area (Å²) in [5, 5.41) is 3.36. The van der Waals surface area contributed by atoms with Gasteiger partial charge in [-0.05, 0) is 57.3 Å². The highest BCUT2D eigenvalue weighted by atomic mass is 16.2. The molecule has 0 saturated carbocycles. The van der Waals surface area contributed by atoms with Gasteiger partial charge in [-0.3, -0.25) is 4.79 Å². The second-order valence-corrected chi connectivity index (χ2v) is 5.32. The summed E-state index contributed by atoms with van der Waals surface area (Å²) in [7, 11) is 0. The van der Waals surface area contributed by atoms with Gasteiger partial charge in [-0.2, -0.15) is 0 Å². The first-order chi connectivity index (χ1) is 9.22. The number of amides is 1. The van der Waals surface area contributed by atoms with E-state index < -0.39 is 0 Å². The van der Waals surface area contributed by atoms with Crippen molar-refractivity contribution in [3.05, 3.63) is 29.8 Å². The van der Waals surface area contributed by atoms with Gasteiger partial charge in [-0.25, -0.2) is 0 Å². The minimum absolute atomic E-state index is 0.253. The van der Waals surface area contributed by atoms with Gasteiger partial charge in [0.1, 0.15) is 0 Å². The third-order valence-electron chi connectivity index (χ3n) is 3.95. The number of hydrogen-bond acceptors (Lipinski definition) is 2. The van der Waals surface area contributed by atoms with Crippen molar-refractivity contribution in [1.29, 1.82) is 0 Å². The fourth-order valence-electron chi connectivity index (χ4n) is 2.77. The molecule has 1 amide bonds. The molecular weight excluding hydrogens is 236 g/mol. The Hall–Kier alpha value is -1.35. The molecule has 0 spiro atoms. The standard InChI is InChI=1S/C16H24N2O/c1-3-18(15-7-5-4-6-13(15)2)16(19)9-8-14-10-11-17-12-14/h4-7,14,17H,3,8-12H2,1-2H3. The first-order valence-electron chi connectivity index (χ1n) is 7.29. The first kappa shape index (κ1) is 14.1. The molecule has 0 radical (unpaired) electrons. The third kappa shape index (κ3) is 3.57. The lowest BCUT2D eigenvalue weighted by Crippen LogP contribution is -2.31. The summed E-state index contributed by atoms with van der Waals surface area (Å²) in [6, 6.07) is 8.11. The summed E-state index contributed by atoms with van der Waals surface area (Å²) < 4.78 is 0. The molecule has 0 aliphatic carbocycles. The Morgan fingerprint density at radius 1 is 1.42 bits per heavy atom. The largest absolute Gasteiger partial charge is 0.316 e. The Bertz CT molecular complexity index is 425. The fourth-order valence-corrected chi connectivity index (χ4v) is 2.77. The maximum absolute atomic E-state index is 12.4. The highest BCUT2D eigenvalue weighted by Crippen LogP contribution is 2.22. The van der Waals surface area contributed by atoms with Gasteiger partial charge < -0.3 is 10.2 Å². The molecule has 1 aromatic rings. The topological polar surface area (TPSA) is 32.3 Å². The number of anilines is 1. The molecule has 1 saturated heterocycles. The maximum Gasteiger partial charge on any atom is 0.226 e. The molecule has 2 rings (SSSR count). The zero-order chi connectivity index (χ0) is 13.7. The van der Waals surface area contributed by atoms with Crippen LogP contribution < -0.4 is 10.2 Å². The number of rotatable bonds is 5. The van der Waals surface area contributed by atoms with Crippen LogP contribution in [0.2, 0.25) is 0 Å². The molecule has 3 nitrogen and oxygen atoms in total. The Morgan fingerprint density at radius 2 is 2.21 bits per heavy atom. The van der Waals surface area contributed by atoms with Gasteiger partial charge in [-0.15, -0.1) is 0 Å². The second-order valence-electron chi connectivity index (χ2n) is 5.32. The van der Waals surface area contributed by atoms with Crippen LogP contribution in [0.4, 0.5) is 5.69 Å². The van der Waals surface area contributed by atoms with Gasteiger partial charge in [0.05, 0.1) is 0 Å². The monoisotopic (exact) mass is 260 g/mol. The predicted molar refractivity (Wildman–Crippen MR) is 79.4 cm³/mol. The number of carbonyl (C=O) groups is 1. The van der Waals surface area contributed by atoms with Gasteiger partial charge in [0.2, 0.25) is 5.91 Å². The SMILES string of the molecule is CCN(C(=O)CCC1CCNC1)c1ccccc1C. The molecule has 1 aliphatic heterocycles. The van der Waals surface area contributed by atoms with E-state index in [-0.39, 0.29) is 5.91 Å². The van der Waals surface area contributed by atoms with Crippen LogP contribution >= 0.6 is 0 Å². The molecule has 104 valence electrons. The van der Waals surface area contributed by atoms with Crippen molar-refractivity contribution in [3.8, 4) is 0 Å². The summed E-state index contributed by atoms with van der Waals surface area (Å²) in [5.41, 5.74) is 2.22. The third-order valence-corrected chi connectivity index (χ3v) is 3.95. The quantitative estimate of drug-likeness (QED) is 0.883. The van der Waals surface area contributed by atoms with Crippen LogP contribution in [0.15, 0.2) is 24.3 Å². The molecular formula is C16H24N2O. The lowest BCUT2D eigenvalue weighted by atomic mass is 10.0. The first-order valence-corrected chi connectivity index (χ1v) is 7.29. The predicted octanol–water partition coefficient (Wildman–Crippen LogP) is 2.74. The molecule has 19 heavy (non-hydrogen) atoms. The molecule has 0 aromatic heterocycles. The van der Waals surface area contributed by atoms with E-state index in [0.29, 0.717) is 12.3 Å². The van der Waals surface area contributed by atoms with Gasteiger partial charge in [-0.1, -0.05) is 18.2 Å². The average molecular weight is 260 g/mol. The summed E-state index contributed by atoms with van der Waals surface area (Å²) in [6.45, 7) is 7.03. The van der Waals surface area contributed by atoms with Crippen molar-refractivity contribution in [1.82, 2.24) is 5.32 Å². The minimum atomic E-state index is 0.253. The van der Waals surface area contributed by atoms with Crippen LogP contribution in [-0.2, 0) is 4.79 Å². The Kier molecular flexibility index (Phi) is 4.97. The number of nitrogens with one attached hydrogen (secondary N) is 1. The van der Waals surface area contributed by atoms with E-state index in [9.17, 15) is 4.79 Å². The number of carbonyl (C=O) groups excluding carboxylic acids is 1. The van der Waals surface area contributed by atoms with Crippen molar-refractivity contribution < 1.29 is 4.79 Å². The van der Waals surface area contributed by atoms with Crippen LogP contribution in [-0.4, -0.2) is 25.5 Å². The highest BCUT2D eigenvalue weighted by molar-refractivity contribution is 5.94. The molecule has 1 fully saturated rings. The van der Waals surface area contributed by atoms with E-state index in [2.05, 4.69) is 18.3 Å². The Balaban J connectivity index is 1.96. The van der Waals surface area contributed by atoms with Crippen molar-refractivity contribution in [2.75, 3.05) is 24.5 Å². The van der Waals surface area contributed by atoms with E-state index in [1.807, 2.05) is 30.0 Å². The zero-order valence-electron chi connectivity index (χ0n) is 12.0. The van der Waals surface area contributed by atoms with Crippen LogP contribution in [0.1, 0.15) is 31.7 Å². The van der Waals surface area contributed by atoms with E-state index in [0.717, 1.165) is 31.7 Å². The van der Waals surface area contributed by atoms with Crippen molar-refractivity contribution in [2.24, 2.45) is 5.92 Å². The van der Waals surface area contributed by atoms with Gasteiger partial charge in [0, 0.05) is 18.7 Å². The van der Waals surface area contributed by atoms with E-state index >= 15 is 0 Å². The van der Waals surface area contributed by atoms with Crippen molar-refractivity contribution in [3.63, 3.8) is 0 Å². The number of nitrogens with zero attached hydrogens (tertiary/aromatic N) is 1. The smallest absolute Gasteiger partial charge is 0.226 e. The summed E-state index contributed by atoms with van der Waals surface area (Å²) in [5.74, 6) is 0.934. The molecule has 3 heteroatoms. The number of para-hydroxylation sites is 1. The molecule has 1 atom stereocenters. The molecule has 0 bridgehead atoms. The van der Waals surface area contributed by atoms with Gasteiger partial charge in [0.25, 0.3) is 0 Å². The van der Waals surface area contributed by atoms with Gasteiger partial charge >= 0.3 is 0 Å². The van der Waals surface area contributed by atoms with E-state index in [1.165, 1.54) is 12.0 Å². The van der Waals surface area contributed by atoms with E-state index in [1.54, 1.807) is 0 Å². The summed E-state index contributed by atoms with van der Waals surface area (Å²) in [6.07, 6.45) is 2.88.